The third-order valence-corrected chi connectivity index (χ3v) is 1.02. The van der Waals surface area contributed by atoms with Gasteiger partial charge in [0.2, 0.25) is 0 Å². The number of hydrogen-bond donors (Lipinski definition) is 1. The van der Waals surface area contributed by atoms with Gasteiger partial charge in [-0.25, -0.2) is 0 Å². The average Bonchev–Trinajstić information content (AvgIpc) is 2.16. The third kappa shape index (κ3) is 2.09. The number of aromatic amines is 1. The fourth-order valence-electron chi connectivity index (χ4n) is 0.630. The van der Waals surface area contributed by atoms with Crippen molar-refractivity contribution in [2.24, 2.45) is 7.05 Å². The van der Waals surface area contributed by atoms with Crippen LogP contribution in [0.15, 0.2) is 11.0 Å². The van der Waals surface area contributed by atoms with Gasteiger partial charge in [-0.1, -0.05) is 13.8 Å². The molecule has 0 aliphatic rings. The Balaban J connectivity index is 0.000000371. The molecule has 1 aromatic heterocycles. The minimum atomic E-state index is -0.00694. The van der Waals surface area contributed by atoms with Crippen LogP contribution in [0.25, 0.3) is 0 Å². The lowest BCUT2D eigenvalue weighted by Gasteiger charge is -1.80. The van der Waals surface area contributed by atoms with Crippen LogP contribution < -0.4 is 5.56 Å². The number of aryl methyl sites for hydroxylation is 2. The van der Waals surface area contributed by atoms with Gasteiger partial charge in [0.15, 0.2) is 0 Å². The van der Waals surface area contributed by atoms with E-state index in [1.807, 2.05) is 13.8 Å². The molecule has 0 radical (unpaired) electrons. The van der Waals surface area contributed by atoms with E-state index in [1.54, 1.807) is 24.9 Å². The summed E-state index contributed by atoms with van der Waals surface area (Å²) in [5, 5.41) is 2.57. The van der Waals surface area contributed by atoms with Gasteiger partial charge in [0, 0.05) is 18.8 Å². The number of hydrogen-bond acceptors (Lipinski definition) is 1. The normalized spacial score (nSPS) is 8.40. The number of H-pyrrole nitrogens is 1. The lowest BCUT2D eigenvalue weighted by molar-refractivity contribution is 0.756. The number of aromatic nitrogens is 2. The molecular weight excluding hydrogens is 128 g/mol. The van der Waals surface area contributed by atoms with Gasteiger partial charge < -0.3 is 0 Å². The van der Waals surface area contributed by atoms with Crippen LogP contribution in [0.4, 0.5) is 0 Å². The largest absolute Gasteiger partial charge is 0.295 e. The van der Waals surface area contributed by atoms with Gasteiger partial charge in [0.25, 0.3) is 5.56 Å². The van der Waals surface area contributed by atoms with E-state index >= 15 is 0 Å². The Morgan fingerprint density at radius 1 is 1.50 bits per heavy atom. The van der Waals surface area contributed by atoms with Crippen LogP contribution in [-0.2, 0) is 7.05 Å². The highest BCUT2D eigenvalue weighted by atomic mass is 16.1. The summed E-state index contributed by atoms with van der Waals surface area (Å²) in [6.45, 7) is 5.78. The first-order valence-corrected chi connectivity index (χ1v) is 3.42. The van der Waals surface area contributed by atoms with Crippen LogP contribution in [0.2, 0.25) is 0 Å². The summed E-state index contributed by atoms with van der Waals surface area (Å²) in [6, 6.07) is 0. The maximum Gasteiger partial charge on any atom is 0.266 e. The monoisotopic (exact) mass is 142 g/mol. The summed E-state index contributed by atoms with van der Waals surface area (Å²) in [5.41, 5.74) is 0.750. The molecule has 1 rings (SSSR count). The van der Waals surface area contributed by atoms with Crippen molar-refractivity contribution in [1.29, 1.82) is 0 Å². The minimum Gasteiger partial charge on any atom is -0.295 e. The highest BCUT2D eigenvalue weighted by molar-refractivity contribution is 4.99. The van der Waals surface area contributed by atoms with E-state index in [9.17, 15) is 4.79 Å². The standard InChI is InChI=1S/C5H8N2O.C2H6/c1-4-3-7(2)6-5(4)8;1-2/h3H,1-2H3,(H,6,8);1-2H3. The molecule has 58 valence electrons. The van der Waals surface area contributed by atoms with Crippen molar-refractivity contribution in [2.45, 2.75) is 20.8 Å². The van der Waals surface area contributed by atoms with Crippen molar-refractivity contribution in [2.75, 3.05) is 0 Å². The number of nitrogens with one attached hydrogen (secondary N) is 1. The zero-order valence-corrected chi connectivity index (χ0v) is 6.93. The molecule has 3 heteroatoms. The quantitative estimate of drug-likeness (QED) is 0.577. The van der Waals surface area contributed by atoms with Gasteiger partial charge in [-0.15, -0.1) is 0 Å². The van der Waals surface area contributed by atoms with Crippen LogP contribution in [0.5, 0.6) is 0 Å². The number of nitrogens with zero attached hydrogens (tertiary/aromatic N) is 1. The van der Waals surface area contributed by atoms with E-state index in [-0.39, 0.29) is 5.56 Å². The fourth-order valence-corrected chi connectivity index (χ4v) is 0.630. The van der Waals surface area contributed by atoms with Gasteiger partial charge in [0.1, 0.15) is 0 Å². The Labute approximate surface area is 60.7 Å². The van der Waals surface area contributed by atoms with Crippen LogP contribution >= 0.6 is 0 Å². The first-order chi connectivity index (χ1) is 4.70. The van der Waals surface area contributed by atoms with Crippen molar-refractivity contribution >= 4 is 0 Å². The Morgan fingerprint density at radius 2 is 2.00 bits per heavy atom. The first-order valence-electron chi connectivity index (χ1n) is 3.42. The molecule has 1 heterocycles. The van der Waals surface area contributed by atoms with Crippen LogP contribution in [0, 0.1) is 6.92 Å². The predicted molar refractivity (Wildman–Crippen MR) is 42.1 cm³/mol. The molecule has 0 bridgehead atoms. The van der Waals surface area contributed by atoms with Crippen LogP contribution in [-0.4, -0.2) is 9.78 Å². The molecule has 0 aliphatic carbocycles. The molecular formula is C7H14N2O. The molecule has 3 nitrogen and oxygen atoms in total. The topological polar surface area (TPSA) is 37.8 Å². The van der Waals surface area contributed by atoms with E-state index < -0.39 is 0 Å². The molecule has 0 aliphatic heterocycles. The summed E-state index contributed by atoms with van der Waals surface area (Å²) >= 11 is 0. The van der Waals surface area contributed by atoms with Gasteiger partial charge in [-0.3, -0.25) is 14.6 Å². The lowest BCUT2D eigenvalue weighted by atomic mass is 10.4. The van der Waals surface area contributed by atoms with Crippen molar-refractivity contribution < 1.29 is 0 Å². The highest BCUT2D eigenvalue weighted by Crippen LogP contribution is 1.80. The molecule has 0 unspecified atom stereocenters. The second-order valence-electron chi connectivity index (χ2n) is 1.86. The summed E-state index contributed by atoms with van der Waals surface area (Å²) in [7, 11) is 1.79. The summed E-state index contributed by atoms with van der Waals surface area (Å²) in [4.78, 5) is 10.6. The Bertz CT molecular complexity index is 234. The van der Waals surface area contributed by atoms with Crippen molar-refractivity contribution in [3.63, 3.8) is 0 Å². The van der Waals surface area contributed by atoms with Gasteiger partial charge in [-0.05, 0) is 6.92 Å². The van der Waals surface area contributed by atoms with Gasteiger partial charge in [0.05, 0.1) is 0 Å². The van der Waals surface area contributed by atoms with E-state index in [4.69, 9.17) is 0 Å². The minimum absolute atomic E-state index is 0.00694. The predicted octanol–water partition coefficient (Wildman–Crippen LogP) is 1.05. The second-order valence-corrected chi connectivity index (χ2v) is 1.86. The molecule has 0 fully saturated rings. The molecule has 0 saturated heterocycles. The Kier molecular flexibility index (Phi) is 3.54. The maximum absolute atomic E-state index is 10.6. The second kappa shape index (κ2) is 3.93. The summed E-state index contributed by atoms with van der Waals surface area (Å²) in [6.07, 6.45) is 1.75. The SMILES string of the molecule is CC.Cc1cn(C)[nH]c1=O. The molecule has 0 aromatic carbocycles. The van der Waals surface area contributed by atoms with Crippen LogP contribution in [0.1, 0.15) is 19.4 Å². The molecule has 1 N–H and O–H groups in total. The zero-order valence-electron chi connectivity index (χ0n) is 6.93. The molecule has 0 atom stereocenters. The Morgan fingerprint density at radius 3 is 2.10 bits per heavy atom. The maximum atomic E-state index is 10.6. The molecule has 0 saturated carbocycles. The van der Waals surface area contributed by atoms with Gasteiger partial charge in [-0.2, -0.15) is 0 Å². The fraction of sp³-hybridized carbons (Fsp3) is 0.571. The molecule has 0 amide bonds. The average molecular weight is 142 g/mol. The van der Waals surface area contributed by atoms with Crippen molar-refractivity contribution in [1.82, 2.24) is 9.78 Å². The van der Waals surface area contributed by atoms with Gasteiger partial charge >= 0.3 is 0 Å². The summed E-state index contributed by atoms with van der Waals surface area (Å²) in [5.74, 6) is 0. The van der Waals surface area contributed by atoms with E-state index in [0.29, 0.717) is 0 Å². The Hall–Kier alpha value is -0.990. The third-order valence-electron chi connectivity index (χ3n) is 1.02. The van der Waals surface area contributed by atoms with E-state index in [2.05, 4.69) is 5.10 Å². The summed E-state index contributed by atoms with van der Waals surface area (Å²) < 4.78 is 1.64. The highest BCUT2D eigenvalue weighted by Gasteiger charge is 1.90. The molecule has 10 heavy (non-hydrogen) atoms. The van der Waals surface area contributed by atoms with Crippen molar-refractivity contribution in [3.8, 4) is 0 Å². The first kappa shape index (κ1) is 9.01. The lowest BCUT2D eigenvalue weighted by Crippen LogP contribution is -2.03. The smallest absolute Gasteiger partial charge is 0.266 e. The zero-order chi connectivity index (χ0) is 8.15. The number of rotatable bonds is 0. The van der Waals surface area contributed by atoms with Crippen LogP contribution in [0.3, 0.4) is 0 Å². The van der Waals surface area contributed by atoms with E-state index in [1.165, 1.54) is 0 Å². The van der Waals surface area contributed by atoms with E-state index in [0.717, 1.165) is 5.56 Å². The molecule has 0 spiro atoms. The van der Waals surface area contributed by atoms with Crippen molar-refractivity contribution in [3.05, 3.63) is 22.1 Å². The molecule has 1 aromatic rings.